The molecule has 3 aliphatic rings. The fraction of sp³-hybridized carbons (Fsp3) is 0.514. The highest BCUT2D eigenvalue weighted by atomic mass is 19.4. The Labute approximate surface area is 296 Å². The van der Waals surface area contributed by atoms with E-state index in [-0.39, 0.29) is 69.4 Å². The number of rotatable bonds is 5. The Morgan fingerprint density at radius 3 is 2.02 bits per heavy atom. The first-order valence-corrected chi connectivity index (χ1v) is 16.6. The minimum absolute atomic E-state index is 0.00450. The maximum Gasteiger partial charge on any atom is 0.471 e. The average molecular weight is 743 g/mol. The average Bonchev–Trinajstić information content (AvgIpc) is 3.53. The molecule has 3 aliphatic heterocycles. The number of ketones is 1. The molecule has 1 atom stereocenters. The van der Waals surface area contributed by atoms with Crippen molar-refractivity contribution in [3.63, 3.8) is 0 Å². The van der Waals surface area contributed by atoms with Crippen LogP contribution in [0.5, 0.6) is 0 Å². The van der Waals surface area contributed by atoms with Gasteiger partial charge in [0.1, 0.15) is 18.0 Å². The number of hydrogen-bond donors (Lipinski definition) is 1. The molecular weight excluding hydrogens is 702 g/mol. The summed E-state index contributed by atoms with van der Waals surface area (Å²) in [5.41, 5.74) is 2.00. The second-order valence-corrected chi connectivity index (χ2v) is 13.6. The van der Waals surface area contributed by atoms with Crippen molar-refractivity contribution in [2.45, 2.75) is 83.6 Å². The maximum atomic E-state index is 13.2. The second kappa shape index (κ2) is 16.2. The molecule has 0 radical (unpaired) electrons. The molecule has 0 bridgehead atoms. The molecule has 0 aliphatic carbocycles. The lowest BCUT2D eigenvalue weighted by Crippen LogP contribution is -2.45. The van der Waals surface area contributed by atoms with Gasteiger partial charge >= 0.3 is 36.2 Å². The van der Waals surface area contributed by atoms with Gasteiger partial charge in [0.2, 0.25) is 0 Å². The molecule has 284 valence electrons. The number of piperidine rings is 1. The van der Waals surface area contributed by atoms with Gasteiger partial charge < -0.3 is 29.5 Å². The highest BCUT2D eigenvalue weighted by Gasteiger charge is 2.44. The van der Waals surface area contributed by atoms with E-state index in [9.17, 15) is 50.3 Å². The SMILES string of the molecule is CC(C)(C)OC(=O)N[C@H]1CCN(c2cc3c(c(C(=O)OCc4ccccc4)c2)CN(C(=O)C(F)(F)F)CC3)C1.O=C1CCN(C(=O)C(F)(F)F)CC1. The highest BCUT2D eigenvalue weighted by molar-refractivity contribution is 5.93. The van der Waals surface area contributed by atoms with E-state index in [2.05, 4.69) is 5.32 Å². The van der Waals surface area contributed by atoms with E-state index >= 15 is 0 Å². The number of ether oxygens (including phenoxy) is 2. The van der Waals surface area contributed by atoms with Crippen molar-refractivity contribution in [3.05, 3.63) is 64.7 Å². The Morgan fingerprint density at radius 2 is 1.42 bits per heavy atom. The second-order valence-electron chi connectivity index (χ2n) is 13.6. The fourth-order valence-electron chi connectivity index (χ4n) is 5.89. The van der Waals surface area contributed by atoms with Crippen LogP contribution >= 0.6 is 0 Å². The highest BCUT2D eigenvalue weighted by Crippen LogP contribution is 2.33. The number of carbonyl (C=O) groups is 5. The summed E-state index contributed by atoms with van der Waals surface area (Å²) in [7, 11) is 0. The third-order valence-electron chi connectivity index (χ3n) is 8.41. The van der Waals surface area contributed by atoms with Crippen LogP contribution in [0.3, 0.4) is 0 Å². The smallest absolute Gasteiger partial charge is 0.457 e. The van der Waals surface area contributed by atoms with Gasteiger partial charge in [0.05, 0.1) is 11.6 Å². The van der Waals surface area contributed by atoms with Crippen LogP contribution in [0.4, 0.5) is 36.8 Å². The maximum absolute atomic E-state index is 13.2. The van der Waals surface area contributed by atoms with Crippen LogP contribution in [0.2, 0.25) is 0 Å². The summed E-state index contributed by atoms with van der Waals surface area (Å²) in [6.45, 7) is 5.71. The molecule has 2 aromatic carbocycles. The summed E-state index contributed by atoms with van der Waals surface area (Å²) in [6, 6.07) is 12.3. The zero-order valence-electron chi connectivity index (χ0n) is 28.9. The summed E-state index contributed by atoms with van der Waals surface area (Å²) >= 11 is 0. The van der Waals surface area contributed by atoms with Crippen molar-refractivity contribution in [1.29, 1.82) is 0 Å². The Bertz CT molecular complexity index is 1630. The number of nitrogens with zero attached hydrogens (tertiary/aromatic N) is 3. The lowest BCUT2D eigenvalue weighted by atomic mass is 9.93. The number of carbonyl (C=O) groups excluding carboxylic acids is 5. The van der Waals surface area contributed by atoms with E-state index in [0.29, 0.717) is 46.1 Å². The van der Waals surface area contributed by atoms with Gasteiger partial charge in [0, 0.05) is 57.8 Å². The molecule has 2 aromatic rings. The Kier molecular flexibility index (Phi) is 12.5. The van der Waals surface area contributed by atoms with Crippen LogP contribution in [-0.2, 0) is 43.4 Å². The number of esters is 1. The first-order valence-electron chi connectivity index (χ1n) is 16.6. The molecule has 0 saturated carbocycles. The van der Waals surface area contributed by atoms with Crippen LogP contribution in [0.1, 0.15) is 67.1 Å². The Morgan fingerprint density at radius 1 is 0.827 bits per heavy atom. The predicted octanol–water partition coefficient (Wildman–Crippen LogP) is 5.33. The Hall–Kier alpha value is -4.83. The number of amides is 3. The molecule has 17 heteroatoms. The first kappa shape index (κ1) is 39.9. The predicted molar refractivity (Wildman–Crippen MR) is 174 cm³/mol. The molecule has 3 heterocycles. The van der Waals surface area contributed by atoms with E-state index in [1.807, 2.05) is 17.0 Å². The van der Waals surface area contributed by atoms with Gasteiger partial charge in [-0.15, -0.1) is 0 Å². The van der Waals surface area contributed by atoms with Crippen LogP contribution < -0.4 is 10.2 Å². The number of nitrogens with one attached hydrogen (secondary N) is 1. The molecule has 2 saturated heterocycles. The topological polar surface area (TPSA) is 126 Å². The molecule has 0 aromatic heterocycles. The van der Waals surface area contributed by atoms with Crippen molar-refractivity contribution in [3.8, 4) is 0 Å². The number of alkyl halides is 6. The summed E-state index contributed by atoms with van der Waals surface area (Å²) in [4.78, 5) is 62.1. The lowest BCUT2D eigenvalue weighted by Gasteiger charge is -2.32. The number of alkyl carbamates (subject to hydrolysis) is 1. The van der Waals surface area contributed by atoms with Crippen molar-refractivity contribution < 1.29 is 59.8 Å². The lowest BCUT2D eigenvalue weighted by molar-refractivity contribution is -0.186. The van der Waals surface area contributed by atoms with Gasteiger partial charge in [-0.1, -0.05) is 30.3 Å². The number of Topliss-reactive ketones (excluding diaryl/α,β-unsaturated/α-hetero) is 1. The van der Waals surface area contributed by atoms with Gasteiger partial charge in [-0.3, -0.25) is 14.4 Å². The summed E-state index contributed by atoms with van der Waals surface area (Å²) in [6.07, 6.45) is -9.46. The summed E-state index contributed by atoms with van der Waals surface area (Å²) in [5.74, 6) is -4.55. The minimum atomic E-state index is -5.00. The summed E-state index contributed by atoms with van der Waals surface area (Å²) < 4.78 is 85.8. The standard InChI is InChI=1S/C28H32F3N3O5.C7H8F3NO2/c1-27(2,3)39-26(37)32-20-10-12-33(15-20)21-13-19-9-11-34(25(36)28(29,30)31)16-23(19)22(14-21)24(35)38-17-18-7-5-4-6-8-18;8-7(9,10)6(13)11-3-1-5(12)2-4-11/h4-8,13-14,20H,9-12,15-17H2,1-3H3,(H,32,37);1-4H2/t20-;/m0./s1. The van der Waals surface area contributed by atoms with Crippen molar-refractivity contribution in [2.24, 2.45) is 0 Å². The number of halogens is 6. The van der Waals surface area contributed by atoms with E-state index in [4.69, 9.17) is 9.47 Å². The van der Waals surface area contributed by atoms with Crippen molar-refractivity contribution in [2.75, 3.05) is 37.6 Å². The zero-order chi connectivity index (χ0) is 38.4. The largest absolute Gasteiger partial charge is 0.471 e. The van der Waals surface area contributed by atoms with Gasteiger partial charge in [-0.25, -0.2) is 9.59 Å². The van der Waals surface area contributed by atoms with E-state index in [0.717, 1.165) is 5.56 Å². The normalized spacial score (nSPS) is 17.8. The quantitative estimate of drug-likeness (QED) is 0.322. The molecule has 0 spiro atoms. The first-order chi connectivity index (χ1) is 24.2. The van der Waals surface area contributed by atoms with Gasteiger partial charge in [0.15, 0.2) is 0 Å². The van der Waals surface area contributed by atoms with Crippen LogP contribution in [0.15, 0.2) is 42.5 Å². The third kappa shape index (κ3) is 11.1. The zero-order valence-corrected chi connectivity index (χ0v) is 28.9. The third-order valence-corrected chi connectivity index (χ3v) is 8.41. The fourth-order valence-corrected chi connectivity index (χ4v) is 5.89. The van der Waals surface area contributed by atoms with E-state index in [1.54, 1.807) is 51.1 Å². The molecule has 1 N–H and O–H groups in total. The molecule has 52 heavy (non-hydrogen) atoms. The van der Waals surface area contributed by atoms with Gasteiger partial charge in [-0.2, -0.15) is 26.3 Å². The van der Waals surface area contributed by atoms with Crippen LogP contribution in [0, 0.1) is 0 Å². The molecule has 5 rings (SSSR count). The number of hydrogen-bond acceptors (Lipinski definition) is 8. The molecule has 2 fully saturated rings. The monoisotopic (exact) mass is 742 g/mol. The molecule has 0 unspecified atom stereocenters. The van der Waals surface area contributed by atoms with Crippen LogP contribution in [-0.4, -0.2) is 96.2 Å². The van der Waals surface area contributed by atoms with E-state index in [1.165, 1.54) is 0 Å². The number of fused-ring (bicyclic) bond motifs is 1. The van der Waals surface area contributed by atoms with Crippen molar-refractivity contribution in [1.82, 2.24) is 15.1 Å². The summed E-state index contributed by atoms with van der Waals surface area (Å²) in [5, 5.41) is 2.86. The number of benzene rings is 2. The van der Waals surface area contributed by atoms with E-state index < -0.39 is 41.8 Å². The van der Waals surface area contributed by atoms with Crippen LogP contribution in [0.25, 0.3) is 0 Å². The number of anilines is 1. The molecule has 11 nitrogen and oxygen atoms in total. The van der Waals surface area contributed by atoms with Gasteiger partial charge in [-0.05, 0) is 62.4 Å². The minimum Gasteiger partial charge on any atom is -0.457 e. The van der Waals surface area contributed by atoms with Gasteiger partial charge in [0.25, 0.3) is 0 Å². The molecular formula is C35H40F6N4O7. The molecule has 3 amide bonds. The Balaban J connectivity index is 0.000000392. The van der Waals surface area contributed by atoms with Crippen molar-refractivity contribution >= 4 is 35.3 Å². The number of likely N-dealkylation sites (tertiary alicyclic amines) is 1.